The minimum absolute atomic E-state index is 0.210. The van der Waals surface area contributed by atoms with E-state index >= 15 is 0 Å². The molecule has 7 heteroatoms. The van der Waals surface area contributed by atoms with Crippen LogP contribution in [0.15, 0.2) is 23.0 Å². The lowest BCUT2D eigenvalue weighted by Gasteiger charge is -2.00. The maximum absolute atomic E-state index is 11.1. The maximum atomic E-state index is 11.1. The number of esters is 1. The number of nitrogens with zero attached hydrogens (tertiary/aromatic N) is 2. The van der Waals surface area contributed by atoms with Gasteiger partial charge in [-0.3, -0.25) is 4.79 Å². The zero-order chi connectivity index (χ0) is 13.5. The zero-order valence-corrected chi connectivity index (χ0v) is 11.4. The van der Waals surface area contributed by atoms with Gasteiger partial charge in [0.05, 0.1) is 13.5 Å². The van der Waals surface area contributed by atoms with Crippen molar-refractivity contribution in [1.82, 2.24) is 15.5 Å². The average Bonchev–Trinajstić information content (AvgIpc) is 3.06. The van der Waals surface area contributed by atoms with Crippen LogP contribution in [-0.4, -0.2) is 29.8 Å². The quantitative estimate of drug-likeness (QED) is 0.606. The Labute approximate surface area is 114 Å². The zero-order valence-electron chi connectivity index (χ0n) is 10.6. The number of hydrogen-bond acceptors (Lipinski definition) is 7. The van der Waals surface area contributed by atoms with E-state index in [1.807, 2.05) is 12.1 Å². The summed E-state index contributed by atoms with van der Waals surface area (Å²) in [6.45, 7) is 1.55. The van der Waals surface area contributed by atoms with Crippen molar-refractivity contribution in [1.29, 1.82) is 0 Å². The third kappa shape index (κ3) is 4.46. The summed E-state index contributed by atoms with van der Waals surface area (Å²) in [6, 6.07) is 3.97. The van der Waals surface area contributed by atoms with E-state index in [-0.39, 0.29) is 5.97 Å². The van der Waals surface area contributed by atoms with E-state index in [1.54, 1.807) is 11.3 Å². The van der Waals surface area contributed by atoms with Crippen molar-refractivity contribution in [2.24, 2.45) is 0 Å². The molecule has 0 bridgehead atoms. The third-order valence-electron chi connectivity index (χ3n) is 2.50. The lowest BCUT2D eigenvalue weighted by molar-refractivity contribution is -0.139. The summed E-state index contributed by atoms with van der Waals surface area (Å²) >= 11 is 1.61. The van der Waals surface area contributed by atoms with Crippen LogP contribution in [0.25, 0.3) is 0 Å². The molecule has 0 atom stereocenters. The molecule has 102 valence electrons. The smallest absolute Gasteiger partial charge is 0.310 e. The summed E-state index contributed by atoms with van der Waals surface area (Å²) in [5, 5.41) is 7.03. The number of rotatable bonds is 7. The topological polar surface area (TPSA) is 77.2 Å². The van der Waals surface area contributed by atoms with Crippen LogP contribution in [0.1, 0.15) is 15.6 Å². The second-order valence-corrected chi connectivity index (χ2v) is 5.15. The van der Waals surface area contributed by atoms with Crippen molar-refractivity contribution in [3.05, 3.63) is 34.1 Å². The van der Waals surface area contributed by atoms with Crippen molar-refractivity contribution in [3.63, 3.8) is 0 Å². The minimum Gasteiger partial charge on any atom is -0.469 e. The van der Waals surface area contributed by atoms with E-state index in [9.17, 15) is 4.79 Å². The summed E-state index contributed by atoms with van der Waals surface area (Å²) < 4.78 is 9.28. The molecule has 2 rings (SSSR count). The predicted molar refractivity (Wildman–Crippen MR) is 69.7 cm³/mol. The Balaban J connectivity index is 1.70. The molecule has 0 spiro atoms. The Kier molecular flexibility index (Phi) is 5.05. The van der Waals surface area contributed by atoms with E-state index in [2.05, 4.69) is 24.7 Å². The van der Waals surface area contributed by atoms with E-state index in [0.29, 0.717) is 12.2 Å². The average molecular weight is 281 g/mol. The van der Waals surface area contributed by atoms with Crippen LogP contribution in [0.3, 0.4) is 0 Å². The second kappa shape index (κ2) is 7.01. The molecule has 2 heterocycles. The van der Waals surface area contributed by atoms with E-state index in [0.717, 1.165) is 24.4 Å². The molecule has 0 aliphatic carbocycles. The summed E-state index contributed by atoms with van der Waals surface area (Å²) in [5.74, 6) is 0.489. The highest BCUT2D eigenvalue weighted by Gasteiger charge is 2.06. The number of methoxy groups -OCH3 is 1. The number of carbonyl (C=O) groups is 1. The molecule has 0 aromatic carbocycles. The molecular weight excluding hydrogens is 266 g/mol. The Hall–Kier alpha value is -1.73. The highest BCUT2D eigenvalue weighted by molar-refractivity contribution is 7.12. The van der Waals surface area contributed by atoms with Gasteiger partial charge in [0.25, 0.3) is 0 Å². The molecule has 0 aliphatic rings. The number of aromatic nitrogens is 2. The van der Waals surface area contributed by atoms with Crippen molar-refractivity contribution in [2.75, 3.05) is 13.7 Å². The maximum Gasteiger partial charge on any atom is 0.310 e. The predicted octanol–water partition coefficient (Wildman–Crippen LogP) is 1.18. The van der Waals surface area contributed by atoms with Gasteiger partial charge in [0.1, 0.15) is 0 Å². The molecule has 0 aliphatic heterocycles. The summed E-state index contributed by atoms with van der Waals surface area (Å²) in [4.78, 5) is 17.3. The Bertz CT molecular complexity index is 510. The first-order valence-electron chi connectivity index (χ1n) is 5.88. The van der Waals surface area contributed by atoms with E-state index in [1.165, 1.54) is 18.4 Å². The van der Waals surface area contributed by atoms with Crippen LogP contribution in [-0.2, 0) is 28.9 Å². The van der Waals surface area contributed by atoms with Gasteiger partial charge in [0.15, 0.2) is 5.82 Å². The molecule has 0 saturated heterocycles. The van der Waals surface area contributed by atoms with Crippen molar-refractivity contribution in [3.8, 4) is 0 Å². The van der Waals surface area contributed by atoms with Gasteiger partial charge in [-0.25, -0.2) is 0 Å². The molecule has 1 N–H and O–H groups in total. The largest absolute Gasteiger partial charge is 0.469 e. The SMILES string of the molecule is COC(=O)Cc1ccc(CNCCc2ncon2)s1. The van der Waals surface area contributed by atoms with Gasteiger partial charge in [0.2, 0.25) is 6.39 Å². The van der Waals surface area contributed by atoms with E-state index in [4.69, 9.17) is 0 Å². The summed E-state index contributed by atoms with van der Waals surface area (Å²) in [6.07, 6.45) is 2.40. The fraction of sp³-hybridized carbons (Fsp3) is 0.417. The van der Waals surface area contributed by atoms with Crippen molar-refractivity contribution >= 4 is 17.3 Å². The van der Waals surface area contributed by atoms with Gasteiger partial charge >= 0.3 is 5.97 Å². The normalized spacial score (nSPS) is 10.6. The molecule has 0 radical (unpaired) electrons. The van der Waals surface area contributed by atoms with Crippen LogP contribution in [0.2, 0.25) is 0 Å². The summed E-state index contributed by atoms with van der Waals surface area (Å²) in [7, 11) is 1.40. The highest BCUT2D eigenvalue weighted by Crippen LogP contribution is 2.17. The summed E-state index contributed by atoms with van der Waals surface area (Å²) in [5.41, 5.74) is 0. The van der Waals surface area contributed by atoms with Crippen LogP contribution in [0, 0.1) is 0 Å². The Morgan fingerprint density at radius 2 is 2.32 bits per heavy atom. The highest BCUT2D eigenvalue weighted by atomic mass is 32.1. The minimum atomic E-state index is -0.210. The van der Waals surface area contributed by atoms with Crippen LogP contribution < -0.4 is 5.32 Å². The molecule has 0 fully saturated rings. The van der Waals surface area contributed by atoms with Crippen molar-refractivity contribution < 1.29 is 14.1 Å². The first-order valence-corrected chi connectivity index (χ1v) is 6.70. The monoisotopic (exact) mass is 281 g/mol. The first kappa shape index (κ1) is 13.7. The molecule has 0 amide bonds. The van der Waals surface area contributed by atoms with Crippen molar-refractivity contribution in [2.45, 2.75) is 19.4 Å². The van der Waals surface area contributed by atoms with Gasteiger partial charge in [-0.1, -0.05) is 5.16 Å². The molecule has 6 nitrogen and oxygen atoms in total. The van der Waals surface area contributed by atoms with Gasteiger partial charge < -0.3 is 14.6 Å². The number of thiophene rings is 1. The fourth-order valence-electron chi connectivity index (χ4n) is 1.54. The molecule has 2 aromatic rings. The van der Waals surface area contributed by atoms with Crippen LogP contribution in [0.5, 0.6) is 0 Å². The fourth-order valence-corrected chi connectivity index (χ4v) is 2.51. The molecule has 0 saturated carbocycles. The van der Waals surface area contributed by atoms with Gasteiger partial charge in [0, 0.05) is 29.3 Å². The van der Waals surface area contributed by atoms with Gasteiger partial charge in [-0.15, -0.1) is 11.3 Å². The number of nitrogens with one attached hydrogen (secondary N) is 1. The standard InChI is InChI=1S/C12H15N3O3S/c1-17-12(16)6-9-2-3-10(19-9)7-13-5-4-11-14-8-18-15-11/h2-3,8,13H,4-7H2,1H3. The molecule has 19 heavy (non-hydrogen) atoms. The Morgan fingerprint density at radius 1 is 1.47 bits per heavy atom. The third-order valence-corrected chi connectivity index (χ3v) is 3.58. The van der Waals surface area contributed by atoms with Gasteiger partial charge in [-0.2, -0.15) is 4.98 Å². The molecular formula is C12H15N3O3S. The van der Waals surface area contributed by atoms with Crippen LogP contribution >= 0.6 is 11.3 Å². The number of hydrogen-bond donors (Lipinski definition) is 1. The first-order chi connectivity index (χ1) is 9.28. The lowest BCUT2D eigenvalue weighted by atomic mass is 10.3. The second-order valence-electron chi connectivity index (χ2n) is 3.90. The Morgan fingerprint density at radius 3 is 3.05 bits per heavy atom. The number of ether oxygens (including phenoxy) is 1. The van der Waals surface area contributed by atoms with E-state index < -0.39 is 0 Å². The molecule has 2 aromatic heterocycles. The van der Waals surface area contributed by atoms with Crippen LogP contribution in [0.4, 0.5) is 0 Å². The van der Waals surface area contributed by atoms with Gasteiger partial charge in [-0.05, 0) is 12.1 Å². The lowest BCUT2D eigenvalue weighted by Crippen LogP contribution is -2.16. The molecule has 0 unspecified atom stereocenters. The number of carbonyl (C=O) groups excluding carboxylic acids is 1.